The van der Waals surface area contributed by atoms with Crippen LogP contribution >= 0.6 is 0 Å². The van der Waals surface area contributed by atoms with Gasteiger partial charge in [-0.1, -0.05) is 48.9 Å². The zero-order chi connectivity index (χ0) is 26.9. The molecule has 2 rings (SSSR count). The minimum atomic E-state index is -3.60. The highest BCUT2D eigenvalue weighted by Crippen LogP contribution is 2.29. The number of ether oxygens (including phenoxy) is 1. The van der Waals surface area contributed by atoms with Crippen LogP contribution < -0.4 is 14.4 Å². The van der Waals surface area contributed by atoms with Crippen molar-refractivity contribution >= 4 is 27.5 Å². The first-order chi connectivity index (χ1) is 17.0. The molecule has 1 unspecified atom stereocenters. The summed E-state index contributed by atoms with van der Waals surface area (Å²) in [7, 11) is -2.12. The van der Waals surface area contributed by atoms with Crippen LogP contribution in [-0.2, 0) is 26.2 Å². The van der Waals surface area contributed by atoms with Gasteiger partial charge in [-0.05, 0) is 51.3 Å². The number of sulfonamides is 1. The van der Waals surface area contributed by atoms with Crippen LogP contribution in [0.3, 0.4) is 0 Å². The van der Waals surface area contributed by atoms with E-state index in [0.717, 1.165) is 17.4 Å². The number of amides is 2. The Morgan fingerprint density at radius 1 is 1.06 bits per heavy atom. The third-order valence-corrected chi connectivity index (χ3v) is 6.98. The molecule has 0 fully saturated rings. The van der Waals surface area contributed by atoms with E-state index in [2.05, 4.69) is 5.32 Å². The number of nitrogens with one attached hydrogen (secondary N) is 1. The number of hydrogen-bond acceptors (Lipinski definition) is 5. The van der Waals surface area contributed by atoms with Crippen LogP contribution in [0.5, 0.6) is 5.75 Å². The standard InChI is InChI=1S/C27H39N3O5S/c1-7-23(27(32)28-20(2)3)29(19-22-16-14-21(4)15-17-22)26(31)13-10-18-30(36(6,33)34)24-11-8-9-12-25(24)35-5/h8-9,11-12,14-17,20,23H,7,10,13,18-19H2,1-6H3,(H,28,32). The minimum absolute atomic E-state index is 0.0490. The lowest BCUT2D eigenvalue weighted by Crippen LogP contribution is -2.50. The van der Waals surface area contributed by atoms with Gasteiger partial charge in [0.15, 0.2) is 0 Å². The zero-order valence-corrected chi connectivity index (χ0v) is 23.0. The van der Waals surface area contributed by atoms with Crippen LogP contribution in [-0.4, -0.2) is 57.1 Å². The number of rotatable bonds is 13. The Morgan fingerprint density at radius 3 is 2.25 bits per heavy atom. The first-order valence-electron chi connectivity index (χ1n) is 12.2. The number of hydrogen-bond donors (Lipinski definition) is 1. The summed E-state index contributed by atoms with van der Waals surface area (Å²) in [5.74, 6) is 0.0428. The fraction of sp³-hybridized carbons (Fsp3) is 0.481. The van der Waals surface area contributed by atoms with E-state index in [4.69, 9.17) is 4.74 Å². The molecule has 1 atom stereocenters. The summed E-state index contributed by atoms with van der Waals surface area (Å²) in [6.07, 6.45) is 1.98. The summed E-state index contributed by atoms with van der Waals surface area (Å²) in [4.78, 5) is 28.0. The minimum Gasteiger partial charge on any atom is -0.495 e. The molecular formula is C27H39N3O5S. The molecule has 0 heterocycles. The molecule has 0 radical (unpaired) electrons. The highest BCUT2D eigenvalue weighted by Gasteiger charge is 2.29. The Morgan fingerprint density at radius 2 is 1.69 bits per heavy atom. The lowest BCUT2D eigenvalue weighted by atomic mass is 10.1. The van der Waals surface area contributed by atoms with Gasteiger partial charge in [-0.3, -0.25) is 13.9 Å². The van der Waals surface area contributed by atoms with E-state index in [1.54, 1.807) is 29.2 Å². The molecule has 0 saturated carbocycles. The fourth-order valence-electron chi connectivity index (χ4n) is 4.01. The van der Waals surface area contributed by atoms with E-state index in [9.17, 15) is 18.0 Å². The number of anilines is 1. The van der Waals surface area contributed by atoms with Gasteiger partial charge in [-0.2, -0.15) is 0 Å². The SMILES string of the molecule is CCC(C(=O)NC(C)C)N(Cc1ccc(C)cc1)C(=O)CCCN(c1ccccc1OC)S(C)(=O)=O. The summed E-state index contributed by atoms with van der Waals surface area (Å²) in [5, 5.41) is 2.92. The summed E-state index contributed by atoms with van der Waals surface area (Å²) in [6.45, 7) is 8.05. The van der Waals surface area contributed by atoms with Gasteiger partial charge in [0.25, 0.3) is 0 Å². The van der Waals surface area contributed by atoms with E-state index >= 15 is 0 Å². The van der Waals surface area contributed by atoms with Crippen molar-refractivity contribution < 1.29 is 22.7 Å². The van der Waals surface area contributed by atoms with E-state index in [1.807, 2.05) is 52.0 Å². The average Bonchev–Trinajstić information content (AvgIpc) is 2.81. The number of carbonyl (C=O) groups excluding carboxylic acids is 2. The van der Waals surface area contributed by atoms with Crippen molar-refractivity contribution in [3.63, 3.8) is 0 Å². The monoisotopic (exact) mass is 517 g/mol. The quantitative estimate of drug-likeness (QED) is 0.435. The van der Waals surface area contributed by atoms with Crippen molar-refractivity contribution in [2.24, 2.45) is 0 Å². The van der Waals surface area contributed by atoms with Gasteiger partial charge >= 0.3 is 0 Å². The number of nitrogens with zero attached hydrogens (tertiary/aromatic N) is 2. The zero-order valence-electron chi connectivity index (χ0n) is 22.2. The van der Waals surface area contributed by atoms with Gasteiger partial charge in [-0.25, -0.2) is 8.42 Å². The number of aryl methyl sites for hydroxylation is 1. The molecule has 2 aromatic carbocycles. The van der Waals surface area contributed by atoms with Crippen LogP contribution in [0.15, 0.2) is 48.5 Å². The van der Waals surface area contributed by atoms with Crippen LogP contribution in [0.1, 0.15) is 51.2 Å². The molecule has 0 aliphatic heterocycles. The van der Waals surface area contributed by atoms with Crippen molar-refractivity contribution in [2.45, 2.75) is 65.6 Å². The van der Waals surface area contributed by atoms with Crippen molar-refractivity contribution in [3.8, 4) is 5.75 Å². The normalized spacial score (nSPS) is 12.2. The van der Waals surface area contributed by atoms with Crippen molar-refractivity contribution in [1.29, 1.82) is 0 Å². The number of para-hydroxylation sites is 2. The molecule has 0 saturated heterocycles. The Bertz CT molecular complexity index is 1120. The molecule has 2 amide bonds. The lowest BCUT2D eigenvalue weighted by molar-refractivity contribution is -0.141. The van der Waals surface area contributed by atoms with E-state index < -0.39 is 16.1 Å². The smallest absolute Gasteiger partial charge is 0.243 e. The largest absolute Gasteiger partial charge is 0.495 e. The van der Waals surface area contributed by atoms with Crippen LogP contribution in [0, 0.1) is 6.92 Å². The number of methoxy groups -OCH3 is 1. The fourth-order valence-corrected chi connectivity index (χ4v) is 4.98. The Kier molecular flexibility index (Phi) is 10.8. The molecule has 8 nitrogen and oxygen atoms in total. The highest BCUT2D eigenvalue weighted by molar-refractivity contribution is 7.92. The predicted molar refractivity (Wildman–Crippen MR) is 144 cm³/mol. The number of benzene rings is 2. The van der Waals surface area contributed by atoms with Gasteiger partial charge in [0.05, 0.1) is 19.1 Å². The van der Waals surface area contributed by atoms with E-state index in [1.165, 1.54) is 11.4 Å². The first kappa shape index (κ1) is 29.2. The second-order valence-electron chi connectivity index (χ2n) is 9.21. The molecule has 0 aliphatic carbocycles. The van der Waals surface area contributed by atoms with E-state index in [0.29, 0.717) is 24.4 Å². The van der Waals surface area contributed by atoms with Gasteiger partial charge in [0.1, 0.15) is 11.8 Å². The third-order valence-electron chi connectivity index (χ3n) is 5.80. The van der Waals surface area contributed by atoms with Crippen molar-refractivity contribution in [3.05, 3.63) is 59.7 Å². The molecule has 0 aromatic heterocycles. The molecular weight excluding hydrogens is 478 g/mol. The summed E-state index contributed by atoms with van der Waals surface area (Å²) in [6, 6.07) is 14.1. The van der Waals surface area contributed by atoms with Crippen molar-refractivity contribution in [2.75, 3.05) is 24.2 Å². The molecule has 0 aliphatic rings. The first-order valence-corrected chi connectivity index (χ1v) is 14.1. The van der Waals surface area contributed by atoms with Gasteiger partial charge in [0, 0.05) is 25.6 Å². The number of carbonyl (C=O) groups is 2. The Hall–Kier alpha value is -3.07. The molecule has 9 heteroatoms. The maximum absolute atomic E-state index is 13.4. The molecule has 0 bridgehead atoms. The van der Waals surface area contributed by atoms with Gasteiger partial charge in [-0.15, -0.1) is 0 Å². The van der Waals surface area contributed by atoms with Crippen LogP contribution in [0.4, 0.5) is 5.69 Å². The topological polar surface area (TPSA) is 96.0 Å². The second kappa shape index (κ2) is 13.3. The second-order valence-corrected chi connectivity index (χ2v) is 11.1. The van der Waals surface area contributed by atoms with Crippen molar-refractivity contribution in [1.82, 2.24) is 10.2 Å². The summed E-state index contributed by atoms with van der Waals surface area (Å²) in [5.41, 5.74) is 2.46. The molecule has 198 valence electrons. The molecule has 2 aromatic rings. The Balaban J connectivity index is 2.24. The average molecular weight is 518 g/mol. The predicted octanol–water partition coefficient (Wildman–Crippen LogP) is 3.88. The Labute approximate surface area is 215 Å². The molecule has 36 heavy (non-hydrogen) atoms. The van der Waals surface area contributed by atoms with E-state index in [-0.39, 0.29) is 37.2 Å². The summed E-state index contributed by atoms with van der Waals surface area (Å²) >= 11 is 0. The van der Waals surface area contributed by atoms with Crippen LogP contribution in [0.25, 0.3) is 0 Å². The third kappa shape index (κ3) is 8.26. The van der Waals surface area contributed by atoms with Crippen LogP contribution in [0.2, 0.25) is 0 Å². The van der Waals surface area contributed by atoms with Gasteiger partial charge < -0.3 is 15.0 Å². The molecule has 0 spiro atoms. The lowest BCUT2D eigenvalue weighted by Gasteiger charge is -2.31. The van der Waals surface area contributed by atoms with Gasteiger partial charge in [0.2, 0.25) is 21.8 Å². The maximum atomic E-state index is 13.4. The highest BCUT2D eigenvalue weighted by atomic mass is 32.2. The molecule has 1 N–H and O–H groups in total. The summed E-state index contributed by atoms with van der Waals surface area (Å²) < 4.78 is 31.7. The maximum Gasteiger partial charge on any atom is 0.243 e.